The topological polar surface area (TPSA) is 18.5 Å². The molecule has 1 aromatic carbocycles. The lowest BCUT2D eigenvalue weighted by Gasteiger charge is -2.11. The Bertz CT molecular complexity index is 302. The van der Waals surface area contributed by atoms with Crippen LogP contribution in [0.3, 0.4) is 0 Å². The Hall–Kier alpha value is -0.795. The first-order chi connectivity index (χ1) is 7.31. The van der Waals surface area contributed by atoms with Crippen LogP contribution in [-0.4, -0.2) is 19.3 Å². The van der Waals surface area contributed by atoms with E-state index in [1.165, 1.54) is 0 Å². The first-order valence-electron chi connectivity index (χ1n) is 5.67. The maximum absolute atomic E-state index is 5.88. The van der Waals surface area contributed by atoms with Gasteiger partial charge in [-0.3, -0.25) is 0 Å². The van der Waals surface area contributed by atoms with Crippen LogP contribution in [-0.2, 0) is 9.31 Å². The van der Waals surface area contributed by atoms with Gasteiger partial charge in [-0.25, -0.2) is 0 Å². The van der Waals surface area contributed by atoms with Gasteiger partial charge >= 0.3 is 7.12 Å². The predicted octanol–water partition coefficient (Wildman–Crippen LogP) is 1.99. The zero-order valence-electron chi connectivity index (χ0n) is 9.35. The molecule has 1 aliphatic heterocycles. The van der Waals surface area contributed by atoms with Crippen LogP contribution in [0.2, 0.25) is 0 Å². The maximum atomic E-state index is 5.88. The van der Waals surface area contributed by atoms with Crippen molar-refractivity contribution < 1.29 is 9.31 Å². The molecular weight excluding hydrogens is 187 g/mol. The smallest absolute Gasteiger partial charge is 0.402 e. The van der Waals surface area contributed by atoms with Crippen molar-refractivity contribution in [3.8, 4) is 0 Å². The lowest BCUT2D eigenvalue weighted by molar-refractivity contribution is 0.160. The molecule has 2 atom stereocenters. The normalized spacial score (nSPS) is 25.9. The zero-order valence-corrected chi connectivity index (χ0v) is 9.35. The molecule has 0 N–H and O–H groups in total. The minimum atomic E-state index is -0.169. The average molecular weight is 204 g/mol. The summed E-state index contributed by atoms with van der Waals surface area (Å²) in [6.45, 7) is 4.26. The minimum absolute atomic E-state index is 0.169. The number of benzene rings is 1. The van der Waals surface area contributed by atoms with Crippen LogP contribution in [0, 0.1) is 0 Å². The standard InChI is InChI=1S/C12H17BO2/c1-3-7-12-10(2)14-13(15-12)11-8-5-4-6-9-11/h4-6,8-10,12H,3,7H2,1-2H3/t10?,12-/m1/s1. The molecule has 0 aromatic heterocycles. The summed E-state index contributed by atoms with van der Waals surface area (Å²) in [5.41, 5.74) is 1.11. The first kappa shape index (κ1) is 10.7. The summed E-state index contributed by atoms with van der Waals surface area (Å²) in [5, 5.41) is 0. The Kier molecular flexibility index (Phi) is 3.44. The summed E-state index contributed by atoms with van der Waals surface area (Å²) in [6.07, 6.45) is 2.67. The fourth-order valence-corrected chi connectivity index (χ4v) is 1.94. The highest BCUT2D eigenvalue weighted by atomic mass is 16.7. The van der Waals surface area contributed by atoms with Crippen LogP contribution in [0.4, 0.5) is 0 Å². The van der Waals surface area contributed by atoms with E-state index >= 15 is 0 Å². The summed E-state index contributed by atoms with van der Waals surface area (Å²) in [5.74, 6) is 0. The van der Waals surface area contributed by atoms with E-state index < -0.39 is 0 Å². The second-order valence-corrected chi connectivity index (χ2v) is 4.05. The molecule has 0 spiro atoms. The van der Waals surface area contributed by atoms with E-state index in [1.807, 2.05) is 30.3 Å². The molecule has 0 radical (unpaired) electrons. The van der Waals surface area contributed by atoms with Crippen LogP contribution < -0.4 is 5.46 Å². The van der Waals surface area contributed by atoms with Gasteiger partial charge in [-0.1, -0.05) is 43.7 Å². The molecule has 15 heavy (non-hydrogen) atoms. The third kappa shape index (κ3) is 2.41. The van der Waals surface area contributed by atoms with Crippen molar-refractivity contribution in [1.29, 1.82) is 0 Å². The van der Waals surface area contributed by atoms with Crippen molar-refractivity contribution in [3.63, 3.8) is 0 Å². The third-order valence-electron chi connectivity index (χ3n) is 2.81. The van der Waals surface area contributed by atoms with Gasteiger partial charge < -0.3 is 9.31 Å². The second-order valence-electron chi connectivity index (χ2n) is 4.05. The monoisotopic (exact) mass is 204 g/mol. The molecule has 0 amide bonds. The SMILES string of the molecule is CCC[C@H]1OB(c2ccccc2)OC1C. The highest BCUT2D eigenvalue weighted by molar-refractivity contribution is 6.61. The van der Waals surface area contributed by atoms with E-state index in [9.17, 15) is 0 Å². The van der Waals surface area contributed by atoms with Gasteiger partial charge in [0.1, 0.15) is 0 Å². The van der Waals surface area contributed by atoms with Crippen LogP contribution in [0.25, 0.3) is 0 Å². The number of hydrogen-bond donors (Lipinski definition) is 0. The fraction of sp³-hybridized carbons (Fsp3) is 0.500. The van der Waals surface area contributed by atoms with Gasteiger partial charge in [0.05, 0.1) is 12.2 Å². The predicted molar refractivity (Wildman–Crippen MR) is 62.2 cm³/mol. The summed E-state index contributed by atoms with van der Waals surface area (Å²) >= 11 is 0. The lowest BCUT2D eigenvalue weighted by Crippen LogP contribution is -2.32. The van der Waals surface area contributed by atoms with E-state index in [-0.39, 0.29) is 19.3 Å². The zero-order chi connectivity index (χ0) is 10.7. The highest BCUT2D eigenvalue weighted by Crippen LogP contribution is 2.20. The molecule has 1 unspecified atom stereocenters. The molecule has 3 heteroatoms. The van der Waals surface area contributed by atoms with Crippen LogP contribution in [0.15, 0.2) is 30.3 Å². The molecule has 0 saturated carbocycles. The molecule has 1 aliphatic rings. The fourth-order valence-electron chi connectivity index (χ4n) is 1.94. The quantitative estimate of drug-likeness (QED) is 0.701. The van der Waals surface area contributed by atoms with E-state index in [4.69, 9.17) is 9.31 Å². The van der Waals surface area contributed by atoms with E-state index in [1.54, 1.807) is 0 Å². The van der Waals surface area contributed by atoms with Gasteiger partial charge in [-0.2, -0.15) is 0 Å². The Morgan fingerprint density at radius 3 is 2.60 bits per heavy atom. The van der Waals surface area contributed by atoms with Gasteiger partial charge in [0, 0.05) is 0 Å². The molecule has 2 nitrogen and oxygen atoms in total. The Morgan fingerprint density at radius 2 is 1.93 bits per heavy atom. The third-order valence-corrected chi connectivity index (χ3v) is 2.81. The molecule has 1 saturated heterocycles. The minimum Gasteiger partial charge on any atom is -0.402 e. The molecule has 2 rings (SSSR count). The summed E-state index contributed by atoms with van der Waals surface area (Å²) in [6, 6.07) is 10.1. The Morgan fingerprint density at radius 1 is 1.20 bits per heavy atom. The van der Waals surface area contributed by atoms with E-state index in [0.29, 0.717) is 0 Å². The van der Waals surface area contributed by atoms with Gasteiger partial charge in [0.15, 0.2) is 0 Å². The first-order valence-corrected chi connectivity index (χ1v) is 5.67. The molecule has 1 fully saturated rings. The van der Waals surface area contributed by atoms with E-state index in [0.717, 1.165) is 18.3 Å². The van der Waals surface area contributed by atoms with Gasteiger partial charge in [0.25, 0.3) is 0 Å². The molecule has 0 aliphatic carbocycles. The van der Waals surface area contributed by atoms with Gasteiger partial charge in [-0.05, 0) is 18.8 Å². The van der Waals surface area contributed by atoms with Gasteiger partial charge in [-0.15, -0.1) is 0 Å². The molecule has 80 valence electrons. The lowest BCUT2D eigenvalue weighted by atomic mass is 9.79. The molecule has 1 heterocycles. The van der Waals surface area contributed by atoms with Crippen molar-refractivity contribution in [2.45, 2.75) is 38.9 Å². The van der Waals surface area contributed by atoms with Crippen molar-refractivity contribution in [1.82, 2.24) is 0 Å². The summed E-state index contributed by atoms with van der Waals surface area (Å²) in [4.78, 5) is 0. The van der Waals surface area contributed by atoms with Crippen molar-refractivity contribution >= 4 is 12.6 Å². The average Bonchev–Trinajstić information content (AvgIpc) is 2.63. The Balaban J connectivity index is 2.03. The molecule has 1 aromatic rings. The Labute approximate surface area is 91.7 Å². The van der Waals surface area contributed by atoms with Gasteiger partial charge in [0.2, 0.25) is 0 Å². The highest BCUT2D eigenvalue weighted by Gasteiger charge is 2.37. The van der Waals surface area contributed by atoms with E-state index in [2.05, 4.69) is 13.8 Å². The van der Waals surface area contributed by atoms with Crippen LogP contribution in [0.1, 0.15) is 26.7 Å². The number of rotatable bonds is 3. The molecular formula is C12H17BO2. The second kappa shape index (κ2) is 4.82. The van der Waals surface area contributed by atoms with Crippen molar-refractivity contribution in [2.75, 3.05) is 0 Å². The largest absolute Gasteiger partial charge is 0.494 e. The van der Waals surface area contributed by atoms with Crippen molar-refractivity contribution in [3.05, 3.63) is 30.3 Å². The molecule has 0 bridgehead atoms. The summed E-state index contributed by atoms with van der Waals surface area (Å²) < 4.78 is 11.7. The van der Waals surface area contributed by atoms with Crippen LogP contribution in [0.5, 0.6) is 0 Å². The van der Waals surface area contributed by atoms with Crippen molar-refractivity contribution in [2.24, 2.45) is 0 Å². The maximum Gasteiger partial charge on any atom is 0.494 e. The van der Waals surface area contributed by atoms with Crippen LogP contribution >= 0.6 is 0 Å². The number of hydrogen-bond acceptors (Lipinski definition) is 2. The summed E-state index contributed by atoms with van der Waals surface area (Å²) in [7, 11) is -0.169.